The SMILES string of the molecule is CCc1c(CBr)cc(C#N)cc1C(=O)O. The highest BCUT2D eigenvalue weighted by atomic mass is 79.9. The number of carboxylic acid groups (broad SMARTS) is 1. The molecule has 0 amide bonds. The van der Waals surface area contributed by atoms with Gasteiger partial charge in [0, 0.05) is 5.33 Å². The average molecular weight is 268 g/mol. The number of hydrogen-bond acceptors (Lipinski definition) is 2. The molecule has 1 aromatic carbocycles. The van der Waals surface area contributed by atoms with Crippen molar-refractivity contribution in [3.8, 4) is 6.07 Å². The third-order valence-corrected chi connectivity index (χ3v) is 2.80. The number of rotatable bonds is 3. The first-order valence-electron chi connectivity index (χ1n) is 4.49. The van der Waals surface area contributed by atoms with Crippen LogP contribution >= 0.6 is 15.9 Å². The van der Waals surface area contributed by atoms with Crippen LogP contribution in [0.4, 0.5) is 0 Å². The first-order valence-corrected chi connectivity index (χ1v) is 5.61. The van der Waals surface area contributed by atoms with Gasteiger partial charge in [-0.25, -0.2) is 4.79 Å². The molecule has 0 radical (unpaired) electrons. The number of hydrogen-bond donors (Lipinski definition) is 1. The molecule has 0 atom stereocenters. The van der Waals surface area contributed by atoms with Crippen LogP contribution in [0.25, 0.3) is 0 Å². The van der Waals surface area contributed by atoms with Crippen molar-refractivity contribution in [1.29, 1.82) is 5.26 Å². The molecule has 0 aliphatic heterocycles. The summed E-state index contributed by atoms with van der Waals surface area (Å²) in [6.07, 6.45) is 0.647. The van der Waals surface area contributed by atoms with E-state index in [9.17, 15) is 4.79 Å². The molecule has 1 rings (SSSR count). The zero-order valence-electron chi connectivity index (χ0n) is 8.25. The Bertz CT molecular complexity index is 435. The van der Waals surface area contributed by atoms with E-state index in [1.54, 1.807) is 6.07 Å². The van der Waals surface area contributed by atoms with Gasteiger partial charge in [0.15, 0.2) is 0 Å². The number of alkyl halides is 1. The second kappa shape index (κ2) is 4.94. The molecule has 78 valence electrons. The van der Waals surface area contributed by atoms with Crippen molar-refractivity contribution in [1.82, 2.24) is 0 Å². The fourth-order valence-corrected chi connectivity index (χ4v) is 2.02. The zero-order valence-corrected chi connectivity index (χ0v) is 9.84. The summed E-state index contributed by atoms with van der Waals surface area (Å²) >= 11 is 3.29. The van der Waals surface area contributed by atoms with E-state index < -0.39 is 5.97 Å². The summed E-state index contributed by atoms with van der Waals surface area (Å²) in [6.45, 7) is 1.90. The van der Waals surface area contributed by atoms with Crippen molar-refractivity contribution < 1.29 is 9.90 Å². The normalized spacial score (nSPS) is 9.67. The van der Waals surface area contributed by atoms with Gasteiger partial charge in [-0.05, 0) is 29.7 Å². The smallest absolute Gasteiger partial charge is 0.336 e. The highest BCUT2D eigenvalue weighted by molar-refractivity contribution is 9.08. The first kappa shape index (κ1) is 11.7. The van der Waals surface area contributed by atoms with Gasteiger partial charge in [0.05, 0.1) is 17.2 Å². The topological polar surface area (TPSA) is 61.1 Å². The van der Waals surface area contributed by atoms with Crippen molar-refractivity contribution in [3.63, 3.8) is 0 Å². The zero-order chi connectivity index (χ0) is 11.4. The predicted octanol–water partition coefficient (Wildman–Crippen LogP) is 2.71. The Balaban J connectivity index is 3.47. The van der Waals surface area contributed by atoms with Gasteiger partial charge < -0.3 is 5.11 Å². The molecule has 0 heterocycles. The van der Waals surface area contributed by atoms with E-state index in [0.717, 1.165) is 11.1 Å². The van der Waals surface area contributed by atoms with Crippen molar-refractivity contribution in [2.24, 2.45) is 0 Å². The molecule has 1 aromatic rings. The molecule has 0 spiro atoms. The van der Waals surface area contributed by atoms with Crippen LogP contribution < -0.4 is 0 Å². The fraction of sp³-hybridized carbons (Fsp3) is 0.273. The number of carboxylic acids is 1. The van der Waals surface area contributed by atoms with Crippen molar-refractivity contribution in [2.45, 2.75) is 18.7 Å². The summed E-state index contributed by atoms with van der Waals surface area (Å²) < 4.78 is 0. The Morgan fingerprint density at radius 3 is 2.67 bits per heavy atom. The van der Waals surface area contributed by atoms with Crippen LogP contribution in [0.5, 0.6) is 0 Å². The summed E-state index contributed by atoms with van der Waals surface area (Å²) in [4.78, 5) is 11.0. The van der Waals surface area contributed by atoms with Crippen LogP contribution in [-0.2, 0) is 11.8 Å². The molecular formula is C11H10BrNO2. The maximum atomic E-state index is 11.0. The maximum Gasteiger partial charge on any atom is 0.336 e. The number of carbonyl (C=O) groups is 1. The Morgan fingerprint density at radius 1 is 1.60 bits per heavy atom. The molecule has 4 heteroatoms. The molecule has 0 fully saturated rings. The Hall–Kier alpha value is -1.34. The lowest BCUT2D eigenvalue weighted by Crippen LogP contribution is -2.05. The molecule has 3 nitrogen and oxygen atoms in total. The van der Waals surface area contributed by atoms with Gasteiger partial charge in [-0.15, -0.1) is 0 Å². The number of halogens is 1. The average Bonchev–Trinajstić information content (AvgIpc) is 2.26. The fourth-order valence-electron chi connectivity index (χ4n) is 1.52. The summed E-state index contributed by atoms with van der Waals surface area (Å²) in [5.74, 6) is -0.980. The lowest BCUT2D eigenvalue weighted by atomic mass is 9.97. The van der Waals surface area contributed by atoms with Gasteiger partial charge in [0.1, 0.15) is 0 Å². The minimum atomic E-state index is -0.980. The molecule has 0 saturated carbocycles. The summed E-state index contributed by atoms with van der Waals surface area (Å²) in [5.41, 5.74) is 2.28. The summed E-state index contributed by atoms with van der Waals surface area (Å²) in [6, 6.07) is 5.11. The van der Waals surface area contributed by atoms with Crippen LogP contribution in [0, 0.1) is 11.3 Å². The number of aromatic carboxylic acids is 1. The predicted molar refractivity (Wildman–Crippen MR) is 60.1 cm³/mol. The second-order valence-corrected chi connectivity index (χ2v) is 3.63. The Morgan fingerprint density at radius 2 is 2.27 bits per heavy atom. The number of nitrogens with zero attached hydrogens (tertiary/aromatic N) is 1. The molecule has 0 aliphatic rings. The lowest BCUT2D eigenvalue weighted by molar-refractivity contribution is 0.0695. The lowest BCUT2D eigenvalue weighted by Gasteiger charge is -2.09. The Kier molecular flexibility index (Phi) is 3.87. The molecule has 0 bridgehead atoms. The van der Waals surface area contributed by atoms with Crippen molar-refractivity contribution in [3.05, 3.63) is 34.4 Å². The van der Waals surface area contributed by atoms with Gasteiger partial charge in [-0.3, -0.25) is 0 Å². The molecular weight excluding hydrogens is 258 g/mol. The largest absolute Gasteiger partial charge is 0.478 e. The van der Waals surface area contributed by atoms with Crippen LogP contribution in [0.15, 0.2) is 12.1 Å². The maximum absolute atomic E-state index is 11.0. The van der Waals surface area contributed by atoms with Gasteiger partial charge in [-0.1, -0.05) is 22.9 Å². The standard InChI is InChI=1S/C11H10BrNO2/c1-2-9-8(5-12)3-7(6-13)4-10(9)11(14)15/h3-4H,2,5H2,1H3,(H,14,15). The van der Waals surface area contributed by atoms with E-state index >= 15 is 0 Å². The number of nitriles is 1. The Labute approximate surface area is 96.5 Å². The summed E-state index contributed by atoms with van der Waals surface area (Å²) in [5, 5.41) is 18.3. The van der Waals surface area contributed by atoms with Crippen LogP contribution in [-0.4, -0.2) is 11.1 Å². The molecule has 1 N–H and O–H groups in total. The van der Waals surface area contributed by atoms with Gasteiger partial charge in [0.25, 0.3) is 0 Å². The van der Waals surface area contributed by atoms with E-state index in [0.29, 0.717) is 17.3 Å². The second-order valence-electron chi connectivity index (χ2n) is 3.07. The van der Waals surface area contributed by atoms with Gasteiger partial charge >= 0.3 is 5.97 Å². The molecule has 0 aliphatic carbocycles. The molecule has 0 saturated heterocycles. The molecule has 15 heavy (non-hydrogen) atoms. The highest BCUT2D eigenvalue weighted by Gasteiger charge is 2.14. The van der Waals surface area contributed by atoms with E-state index in [1.165, 1.54) is 6.07 Å². The van der Waals surface area contributed by atoms with Crippen molar-refractivity contribution in [2.75, 3.05) is 0 Å². The highest BCUT2D eigenvalue weighted by Crippen LogP contribution is 2.21. The van der Waals surface area contributed by atoms with Gasteiger partial charge in [-0.2, -0.15) is 5.26 Å². The van der Waals surface area contributed by atoms with Gasteiger partial charge in [0.2, 0.25) is 0 Å². The minimum absolute atomic E-state index is 0.228. The summed E-state index contributed by atoms with van der Waals surface area (Å²) in [7, 11) is 0. The third kappa shape index (κ3) is 2.37. The minimum Gasteiger partial charge on any atom is -0.478 e. The van der Waals surface area contributed by atoms with E-state index in [-0.39, 0.29) is 5.56 Å². The van der Waals surface area contributed by atoms with E-state index in [2.05, 4.69) is 15.9 Å². The van der Waals surface area contributed by atoms with E-state index in [1.807, 2.05) is 13.0 Å². The van der Waals surface area contributed by atoms with E-state index in [4.69, 9.17) is 10.4 Å². The van der Waals surface area contributed by atoms with Crippen LogP contribution in [0.1, 0.15) is 34.0 Å². The molecule has 0 unspecified atom stereocenters. The first-order chi connectivity index (χ1) is 7.13. The third-order valence-electron chi connectivity index (χ3n) is 2.20. The van der Waals surface area contributed by atoms with Crippen LogP contribution in [0.3, 0.4) is 0 Å². The number of benzene rings is 1. The van der Waals surface area contributed by atoms with Crippen LogP contribution in [0.2, 0.25) is 0 Å². The molecule has 0 aromatic heterocycles. The monoisotopic (exact) mass is 267 g/mol. The van der Waals surface area contributed by atoms with Crippen molar-refractivity contribution >= 4 is 21.9 Å². The quantitative estimate of drug-likeness (QED) is 0.857.